The predicted molar refractivity (Wildman–Crippen MR) is 155 cm³/mol. The minimum Gasteiger partial charge on any atom is -0.444 e. The van der Waals surface area contributed by atoms with Crippen molar-refractivity contribution in [2.45, 2.75) is 98.6 Å². The van der Waals surface area contributed by atoms with Gasteiger partial charge in [0.15, 0.2) is 0 Å². The van der Waals surface area contributed by atoms with Gasteiger partial charge in [-0.1, -0.05) is 12.1 Å². The molecule has 0 aliphatic carbocycles. The maximum absolute atomic E-state index is 12.6. The summed E-state index contributed by atoms with van der Waals surface area (Å²) in [6.45, 7) is 17.4. The van der Waals surface area contributed by atoms with Gasteiger partial charge in [-0.3, -0.25) is 20.2 Å². The van der Waals surface area contributed by atoms with Crippen LogP contribution >= 0.6 is 0 Å². The molecule has 0 saturated carbocycles. The SMILES string of the molecule is Cc1cccnc1CN(Cc1ncccc1C)C1CCN(C(=NC(=O)OC(C)(C)C)NC(=O)OC(C)(C)C)CC1. The van der Waals surface area contributed by atoms with Gasteiger partial charge in [0.25, 0.3) is 0 Å². The van der Waals surface area contributed by atoms with Crippen LogP contribution in [0.15, 0.2) is 41.7 Å². The first-order chi connectivity index (χ1) is 18.7. The Balaban J connectivity index is 1.79. The summed E-state index contributed by atoms with van der Waals surface area (Å²) in [5.41, 5.74) is 2.97. The molecule has 1 fully saturated rings. The highest BCUT2D eigenvalue weighted by atomic mass is 16.6. The molecule has 0 atom stereocenters. The molecule has 2 aromatic rings. The van der Waals surface area contributed by atoms with Crippen LogP contribution in [0.4, 0.5) is 9.59 Å². The topological polar surface area (TPSA) is 109 Å². The van der Waals surface area contributed by atoms with E-state index in [1.807, 2.05) is 29.4 Å². The number of rotatable bonds is 5. The number of guanidine groups is 1. The number of nitrogens with zero attached hydrogens (tertiary/aromatic N) is 5. The van der Waals surface area contributed by atoms with Crippen molar-refractivity contribution >= 4 is 18.1 Å². The lowest BCUT2D eigenvalue weighted by Crippen LogP contribution is -2.52. The second-order valence-corrected chi connectivity index (χ2v) is 12.2. The zero-order chi connectivity index (χ0) is 29.5. The van der Waals surface area contributed by atoms with E-state index in [0.29, 0.717) is 26.2 Å². The maximum Gasteiger partial charge on any atom is 0.437 e. The molecule has 40 heavy (non-hydrogen) atoms. The number of carbonyl (C=O) groups excluding carboxylic acids is 2. The van der Waals surface area contributed by atoms with E-state index in [1.165, 1.54) is 0 Å². The molecule has 10 heteroatoms. The van der Waals surface area contributed by atoms with Crippen LogP contribution in [0, 0.1) is 13.8 Å². The lowest BCUT2D eigenvalue weighted by Gasteiger charge is -2.39. The number of aromatic nitrogens is 2. The zero-order valence-electron chi connectivity index (χ0n) is 25.2. The molecule has 3 heterocycles. The van der Waals surface area contributed by atoms with Gasteiger partial charge in [0.1, 0.15) is 11.2 Å². The van der Waals surface area contributed by atoms with Crippen molar-refractivity contribution in [3.8, 4) is 0 Å². The normalized spacial score (nSPS) is 15.2. The average molecular weight is 553 g/mol. The molecular weight excluding hydrogens is 508 g/mol. The molecule has 0 bridgehead atoms. The smallest absolute Gasteiger partial charge is 0.437 e. The molecule has 0 aromatic carbocycles. The Bertz CT molecular complexity index is 1150. The average Bonchev–Trinajstić information content (AvgIpc) is 2.83. The molecule has 0 spiro atoms. The summed E-state index contributed by atoms with van der Waals surface area (Å²) in [6, 6.07) is 8.30. The number of alkyl carbamates (subject to hydrolysis) is 1. The molecule has 1 saturated heterocycles. The largest absolute Gasteiger partial charge is 0.444 e. The zero-order valence-corrected chi connectivity index (χ0v) is 25.2. The molecule has 2 aromatic heterocycles. The molecule has 1 aliphatic rings. The molecule has 0 unspecified atom stereocenters. The predicted octanol–water partition coefficient (Wildman–Crippen LogP) is 5.38. The van der Waals surface area contributed by atoms with Crippen LogP contribution in [0.5, 0.6) is 0 Å². The summed E-state index contributed by atoms with van der Waals surface area (Å²) in [4.78, 5) is 42.9. The van der Waals surface area contributed by atoms with Gasteiger partial charge in [-0.2, -0.15) is 0 Å². The summed E-state index contributed by atoms with van der Waals surface area (Å²) in [5.74, 6) is 0.134. The van der Waals surface area contributed by atoms with Gasteiger partial charge in [-0.15, -0.1) is 4.99 Å². The first kappa shape index (κ1) is 31.0. The van der Waals surface area contributed by atoms with E-state index in [1.54, 1.807) is 41.5 Å². The number of hydrogen-bond acceptors (Lipinski definition) is 7. The second-order valence-electron chi connectivity index (χ2n) is 12.2. The number of aliphatic imine (C=N–C) groups is 1. The Morgan fingerprint density at radius 2 is 1.43 bits per heavy atom. The minimum atomic E-state index is -0.765. The standard InChI is InChI=1S/C30H44N6O4/c1-21-11-9-15-31-24(21)19-36(20-25-22(2)12-10-16-32-25)23-13-17-35(18-14-23)26(33-27(37)39-29(3,4)5)34-28(38)40-30(6,7)8/h9-12,15-16,23H,13-14,17-20H2,1-8H3,(H,33,34,37,38). The Kier molecular flexibility index (Phi) is 10.2. The summed E-state index contributed by atoms with van der Waals surface area (Å²) in [6.07, 6.45) is 3.81. The van der Waals surface area contributed by atoms with E-state index < -0.39 is 23.4 Å². The third-order valence-electron chi connectivity index (χ3n) is 6.43. The Labute approximate surface area is 238 Å². The minimum absolute atomic E-state index is 0.134. The molecule has 1 N–H and O–H groups in total. The fourth-order valence-electron chi connectivity index (χ4n) is 4.45. The second kappa shape index (κ2) is 13.2. The Morgan fingerprint density at radius 1 is 0.925 bits per heavy atom. The monoisotopic (exact) mass is 552 g/mol. The Morgan fingerprint density at radius 3 is 1.88 bits per heavy atom. The van der Waals surface area contributed by atoms with Crippen molar-refractivity contribution in [1.29, 1.82) is 0 Å². The number of nitrogens with one attached hydrogen (secondary N) is 1. The van der Waals surface area contributed by atoms with E-state index in [2.05, 4.69) is 51.2 Å². The summed E-state index contributed by atoms with van der Waals surface area (Å²) in [7, 11) is 0. The van der Waals surface area contributed by atoms with Gasteiger partial charge >= 0.3 is 12.2 Å². The van der Waals surface area contributed by atoms with Gasteiger partial charge in [-0.25, -0.2) is 9.59 Å². The highest BCUT2D eigenvalue weighted by molar-refractivity contribution is 5.99. The third-order valence-corrected chi connectivity index (χ3v) is 6.43. The van der Waals surface area contributed by atoms with E-state index in [-0.39, 0.29) is 12.0 Å². The van der Waals surface area contributed by atoms with Crippen LogP contribution in [0.1, 0.15) is 76.9 Å². The third kappa shape index (κ3) is 9.89. The number of hydrogen-bond donors (Lipinski definition) is 1. The van der Waals surface area contributed by atoms with Crippen LogP contribution in [0.2, 0.25) is 0 Å². The molecule has 0 radical (unpaired) electrons. The number of carbonyl (C=O) groups is 2. The summed E-state index contributed by atoms with van der Waals surface area (Å²) >= 11 is 0. The first-order valence-electron chi connectivity index (χ1n) is 13.8. The highest BCUT2D eigenvalue weighted by Crippen LogP contribution is 2.23. The van der Waals surface area contributed by atoms with E-state index in [4.69, 9.17) is 9.47 Å². The number of likely N-dealkylation sites (tertiary alicyclic amines) is 1. The molecule has 3 rings (SSSR count). The summed E-state index contributed by atoms with van der Waals surface area (Å²) < 4.78 is 10.8. The van der Waals surface area contributed by atoms with Crippen LogP contribution in [-0.2, 0) is 22.6 Å². The van der Waals surface area contributed by atoms with Crippen molar-refractivity contribution in [3.05, 3.63) is 59.2 Å². The van der Waals surface area contributed by atoms with Gasteiger partial charge < -0.3 is 14.4 Å². The highest BCUT2D eigenvalue weighted by Gasteiger charge is 2.30. The maximum atomic E-state index is 12.6. The van der Waals surface area contributed by atoms with Gasteiger partial charge in [-0.05, 0) is 91.5 Å². The summed E-state index contributed by atoms with van der Waals surface area (Å²) in [5, 5.41) is 2.68. The molecule has 218 valence electrons. The van der Waals surface area contributed by atoms with Crippen molar-refractivity contribution in [2.75, 3.05) is 13.1 Å². The van der Waals surface area contributed by atoms with Gasteiger partial charge in [0, 0.05) is 44.6 Å². The number of ether oxygens (including phenoxy) is 2. The number of piperidine rings is 1. The van der Waals surface area contributed by atoms with Crippen LogP contribution in [0.3, 0.4) is 0 Å². The van der Waals surface area contributed by atoms with E-state index >= 15 is 0 Å². The van der Waals surface area contributed by atoms with Crippen molar-refractivity contribution in [3.63, 3.8) is 0 Å². The lowest BCUT2D eigenvalue weighted by molar-refractivity contribution is 0.0548. The fraction of sp³-hybridized carbons (Fsp3) is 0.567. The van der Waals surface area contributed by atoms with Crippen LogP contribution in [-0.4, -0.2) is 68.2 Å². The van der Waals surface area contributed by atoms with Crippen molar-refractivity contribution in [2.24, 2.45) is 4.99 Å². The molecular formula is C30H44N6O4. The first-order valence-corrected chi connectivity index (χ1v) is 13.8. The van der Waals surface area contributed by atoms with Gasteiger partial charge in [0.2, 0.25) is 5.96 Å². The number of pyridine rings is 2. The number of aryl methyl sites for hydroxylation is 2. The molecule has 1 aliphatic heterocycles. The van der Waals surface area contributed by atoms with Gasteiger partial charge in [0.05, 0.1) is 11.4 Å². The lowest BCUT2D eigenvalue weighted by atomic mass is 10.0. The van der Waals surface area contributed by atoms with E-state index in [9.17, 15) is 9.59 Å². The number of amides is 2. The fourth-order valence-corrected chi connectivity index (χ4v) is 4.45. The Hall–Kier alpha value is -3.53. The van der Waals surface area contributed by atoms with Crippen LogP contribution < -0.4 is 5.32 Å². The molecule has 10 nitrogen and oxygen atoms in total. The quantitative estimate of drug-likeness (QED) is 0.389. The van der Waals surface area contributed by atoms with Crippen LogP contribution in [0.25, 0.3) is 0 Å². The molecule has 2 amide bonds. The van der Waals surface area contributed by atoms with E-state index in [0.717, 1.165) is 35.4 Å². The van der Waals surface area contributed by atoms with Crippen molar-refractivity contribution < 1.29 is 19.1 Å². The van der Waals surface area contributed by atoms with Crippen molar-refractivity contribution in [1.82, 2.24) is 25.1 Å².